The molecule has 2 aliphatic heterocycles. The van der Waals surface area contributed by atoms with Gasteiger partial charge in [0.15, 0.2) is 0 Å². The maximum absolute atomic E-state index is 12.9. The molecule has 2 amide bonds. The number of anilines is 2. The number of nitrogens with zero attached hydrogens (tertiary/aromatic N) is 1. The minimum Gasteiger partial charge on any atom is -0.323 e. The van der Waals surface area contributed by atoms with Gasteiger partial charge in [-0.2, -0.15) is 0 Å². The van der Waals surface area contributed by atoms with Crippen LogP contribution in [0.1, 0.15) is 18.1 Å². The number of aryl methyl sites for hydroxylation is 1. The summed E-state index contributed by atoms with van der Waals surface area (Å²) < 4.78 is 0. The van der Waals surface area contributed by atoms with E-state index in [1.165, 1.54) is 11.8 Å². The van der Waals surface area contributed by atoms with Crippen molar-refractivity contribution in [3.05, 3.63) is 59.7 Å². The van der Waals surface area contributed by atoms with Crippen LogP contribution in [0.15, 0.2) is 48.5 Å². The zero-order valence-electron chi connectivity index (χ0n) is 12.9. The average Bonchev–Trinajstić information content (AvgIpc) is 2.97. The number of fused-ring (bicyclic) bond motifs is 2. The molecule has 1 saturated heterocycles. The number of amides is 2. The van der Waals surface area contributed by atoms with Crippen molar-refractivity contribution in [1.82, 2.24) is 0 Å². The Morgan fingerprint density at radius 3 is 2.52 bits per heavy atom. The topological polar surface area (TPSA) is 49.4 Å². The number of para-hydroxylation sites is 1. The molecule has 2 aliphatic rings. The molecule has 0 bridgehead atoms. The van der Waals surface area contributed by atoms with Crippen molar-refractivity contribution in [2.24, 2.45) is 0 Å². The highest BCUT2D eigenvalue weighted by atomic mass is 32.2. The minimum absolute atomic E-state index is 0.0364. The number of carbonyl (C=O) groups is 2. The lowest BCUT2D eigenvalue weighted by Gasteiger charge is -2.32. The van der Waals surface area contributed by atoms with E-state index >= 15 is 0 Å². The highest BCUT2D eigenvalue weighted by Crippen LogP contribution is 2.55. The van der Waals surface area contributed by atoms with E-state index in [0.717, 1.165) is 22.5 Å². The Labute approximate surface area is 138 Å². The van der Waals surface area contributed by atoms with Gasteiger partial charge in [0.25, 0.3) is 5.91 Å². The SMILES string of the molecule is Cc1ccc(N2C(=O)[C@@H](C)S[C@]23C(=O)Nc2ccccc23)cc1. The number of rotatable bonds is 1. The second-order valence-electron chi connectivity index (χ2n) is 5.91. The van der Waals surface area contributed by atoms with Crippen LogP contribution in [0.5, 0.6) is 0 Å². The van der Waals surface area contributed by atoms with E-state index in [1.54, 1.807) is 4.90 Å². The summed E-state index contributed by atoms with van der Waals surface area (Å²) in [6.45, 7) is 3.86. The van der Waals surface area contributed by atoms with E-state index in [1.807, 2.05) is 62.4 Å². The number of benzene rings is 2. The molecule has 1 N–H and O–H groups in total. The molecule has 1 spiro atoms. The molecule has 0 aliphatic carbocycles. The van der Waals surface area contributed by atoms with Crippen molar-refractivity contribution in [3.8, 4) is 0 Å². The van der Waals surface area contributed by atoms with Crippen LogP contribution in [-0.2, 0) is 14.5 Å². The van der Waals surface area contributed by atoms with Crippen molar-refractivity contribution in [3.63, 3.8) is 0 Å². The van der Waals surface area contributed by atoms with Crippen molar-refractivity contribution in [2.75, 3.05) is 10.2 Å². The summed E-state index contributed by atoms with van der Waals surface area (Å²) in [5, 5.41) is 2.66. The van der Waals surface area contributed by atoms with Crippen LogP contribution in [0.25, 0.3) is 0 Å². The van der Waals surface area contributed by atoms with E-state index < -0.39 is 4.87 Å². The molecule has 4 rings (SSSR count). The van der Waals surface area contributed by atoms with Crippen LogP contribution < -0.4 is 10.2 Å². The molecule has 0 aromatic heterocycles. The lowest BCUT2D eigenvalue weighted by atomic mass is 10.0. The summed E-state index contributed by atoms with van der Waals surface area (Å²) in [7, 11) is 0. The minimum atomic E-state index is -1.01. The molecule has 1 fully saturated rings. The summed E-state index contributed by atoms with van der Waals surface area (Å²) in [5.41, 5.74) is 3.51. The van der Waals surface area contributed by atoms with E-state index in [2.05, 4.69) is 5.32 Å². The Morgan fingerprint density at radius 2 is 1.78 bits per heavy atom. The van der Waals surface area contributed by atoms with Gasteiger partial charge in [0, 0.05) is 16.9 Å². The maximum Gasteiger partial charge on any atom is 0.266 e. The van der Waals surface area contributed by atoms with Gasteiger partial charge in [-0.25, -0.2) is 0 Å². The summed E-state index contributed by atoms with van der Waals surface area (Å²) >= 11 is 1.41. The predicted octanol–water partition coefficient (Wildman–Crippen LogP) is 3.27. The molecule has 116 valence electrons. The van der Waals surface area contributed by atoms with Gasteiger partial charge in [0.1, 0.15) is 0 Å². The van der Waals surface area contributed by atoms with Crippen LogP contribution in [0, 0.1) is 6.92 Å². The Bertz CT molecular complexity index is 818. The van der Waals surface area contributed by atoms with Crippen LogP contribution >= 0.6 is 11.8 Å². The highest BCUT2D eigenvalue weighted by molar-refractivity contribution is 8.03. The Kier molecular flexibility index (Phi) is 3.03. The quantitative estimate of drug-likeness (QED) is 0.876. The number of nitrogens with one attached hydrogen (secondary N) is 1. The first kappa shape index (κ1) is 14.3. The standard InChI is InChI=1S/C18H16N2O2S/c1-11-7-9-13(10-8-11)20-16(21)12(2)23-18(20)14-5-3-4-6-15(14)19-17(18)22/h3-10,12H,1-2H3,(H,19,22)/t12-,18-/m1/s1. The average molecular weight is 324 g/mol. The van der Waals surface area contributed by atoms with Gasteiger partial charge in [-0.1, -0.05) is 35.9 Å². The monoisotopic (exact) mass is 324 g/mol. The second-order valence-corrected chi connectivity index (χ2v) is 7.45. The molecule has 2 aromatic carbocycles. The summed E-state index contributed by atoms with van der Waals surface area (Å²) in [5.74, 6) is -0.187. The molecule has 0 radical (unpaired) electrons. The number of thioether (sulfide) groups is 1. The lowest BCUT2D eigenvalue weighted by Crippen LogP contribution is -2.47. The summed E-state index contributed by atoms with van der Waals surface area (Å²) in [4.78, 5) is 26.3. The lowest BCUT2D eigenvalue weighted by molar-refractivity contribution is -0.122. The number of hydrogen-bond donors (Lipinski definition) is 1. The van der Waals surface area contributed by atoms with Crippen molar-refractivity contribution >= 4 is 35.0 Å². The molecule has 5 heteroatoms. The molecule has 2 aromatic rings. The molecule has 23 heavy (non-hydrogen) atoms. The van der Waals surface area contributed by atoms with Crippen molar-refractivity contribution in [2.45, 2.75) is 24.0 Å². The van der Waals surface area contributed by atoms with Gasteiger partial charge >= 0.3 is 0 Å². The van der Waals surface area contributed by atoms with Gasteiger partial charge in [-0.15, -0.1) is 11.8 Å². The largest absolute Gasteiger partial charge is 0.323 e. The first-order chi connectivity index (χ1) is 11.0. The summed E-state index contributed by atoms with van der Waals surface area (Å²) in [6.07, 6.45) is 0. The van der Waals surface area contributed by atoms with Gasteiger partial charge in [0.2, 0.25) is 10.8 Å². The van der Waals surface area contributed by atoms with E-state index in [9.17, 15) is 9.59 Å². The van der Waals surface area contributed by atoms with Crippen molar-refractivity contribution in [1.29, 1.82) is 0 Å². The highest BCUT2D eigenvalue weighted by Gasteiger charge is 2.60. The third kappa shape index (κ3) is 1.86. The van der Waals surface area contributed by atoms with Gasteiger partial charge in [-0.05, 0) is 32.0 Å². The molecule has 2 heterocycles. The zero-order valence-corrected chi connectivity index (χ0v) is 13.7. The van der Waals surface area contributed by atoms with E-state index in [4.69, 9.17) is 0 Å². The predicted molar refractivity (Wildman–Crippen MR) is 92.5 cm³/mol. The van der Waals surface area contributed by atoms with E-state index in [-0.39, 0.29) is 17.1 Å². The molecule has 4 nitrogen and oxygen atoms in total. The fourth-order valence-corrected chi connectivity index (χ4v) is 4.74. The van der Waals surface area contributed by atoms with Crippen LogP contribution in [0.4, 0.5) is 11.4 Å². The van der Waals surface area contributed by atoms with Gasteiger partial charge in [-0.3, -0.25) is 14.5 Å². The van der Waals surface area contributed by atoms with Gasteiger partial charge in [0.05, 0.1) is 5.25 Å². The first-order valence-corrected chi connectivity index (χ1v) is 8.41. The fourth-order valence-electron chi connectivity index (χ4n) is 3.25. The number of hydrogen-bond acceptors (Lipinski definition) is 3. The van der Waals surface area contributed by atoms with Crippen LogP contribution in [-0.4, -0.2) is 17.1 Å². The molecule has 0 saturated carbocycles. The van der Waals surface area contributed by atoms with Crippen LogP contribution in [0.3, 0.4) is 0 Å². The normalized spacial score (nSPS) is 25.8. The molecular formula is C18H16N2O2S. The molecular weight excluding hydrogens is 308 g/mol. The third-order valence-corrected chi connectivity index (χ3v) is 5.85. The molecule has 0 unspecified atom stereocenters. The van der Waals surface area contributed by atoms with Crippen LogP contribution in [0.2, 0.25) is 0 Å². The molecule has 2 atom stereocenters. The first-order valence-electron chi connectivity index (χ1n) is 7.53. The summed E-state index contributed by atoms with van der Waals surface area (Å²) in [6, 6.07) is 15.3. The second kappa shape index (κ2) is 4.86. The van der Waals surface area contributed by atoms with Crippen molar-refractivity contribution < 1.29 is 9.59 Å². The Hall–Kier alpha value is -2.27. The Morgan fingerprint density at radius 1 is 1.09 bits per heavy atom. The Balaban J connectivity index is 1.94. The number of carbonyl (C=O) groups excluding carboxylic acids is 2. The fraction of sp³-hybridized carbons (Fsp3) is 0.222. The smallest absolute Gasteiger partial charge is 0.266 e. The maximum atomic E-state index is 12.9. The van der Waals surface area contributed by atoms with E-state index in [0.29, 0.717) is 0 Å². The van der Waals surface area contributed by atoms with Gasteiger partial charge < -0.3 is 5.32 Å². The third-order valence-electron chi connectivity index (χ3n) is 4.37. The zero-order chi connectivity index (χ0) is 16.2.